The summed E-state index contributed by atoms with van der Waals surface area (Å²) < 4.78 is 76.8. The van der Waals surface area contributed by atoms with Gasteiger partial charge in [-0.3, -0.25) is 9.69 Å². The van der Waals surface area contributed by atoms with Crippen LogP contribution in [0, 0.1) is 17.5 Å². The first kappa shape index (κ1) is 18.6. The van der Waals surface area contributed by atoms with Gasteiger partial charge in [0.2, 0.25) is 0 Å². The molecule has 25 heavy (non-hydrogen) atoms. The average molecular weight is 364 g/mol. The van der Waals surface area contributed by atoms with Gasteiger partial charge in [-0.25, -0.2) is 18.2 Å². The number of alkyl halides is 3. The Morgan fingerprint density at radius 1 is 1.12 bits per heavy atom. The highest BCUT2D eigenvalue weighted by atomic mass is 19.4. The van der Waals surface area contributed by atoms with Crippen LogP contribution in [0.25, 0.3) is 0 Å². The highest BCUT2D eigenvalue weighted by Gasteiger charge is 2.32. The molecule has 2 N–H and O–H groups in total. The number of nitrogens with zero attached hydrogens (tertiary/aromatic N) is 1. The summed E-state index contributed by atoms with van der Waals surface area (Å²) in [6, 6.07) is 3.46. The standard InChI is InChI=1S/C15H11F6N3O/c1-24(11-5-2-8(6-22-11)15(19,20)21)7-12(25)23-10-4-3-9(16)13(17)14(10)18/h2-6H,7H2,1H3,(H,23,25)/p+1. The minimum Gasteiger partial charge on any atom is -0.320 e. The fourth-order valence-electron chi connectivity index (χ4n) is 1.94. The lowest BCUT2D eigenvalue weighted by Gasteiger charge is -2.12. The van der Waals surface area contributed by atoms with E-state index in [4.69, 9.17) is 0 Å². The third-order valence-electron chi connectivity index (χ3n) is 3.22. The Morgan fingerprint density at radius 2 is 1.80 bits per heavy atom. The fourth-order valence-corrected chi connectivity index (χ4v) is 1.94. The second-order valence-corrected chi connectivity index (χ2v) is 5.09. The molecule has 0 aliphatic rings. The van der Waals surface area contributed by atoms with Crippen LogP contribution in [-0.4, -0.2) is 19.5 Å². The number of anilines is 2. The number of pyridine rings is 1. The summed E-state index contributed by atoms with van der Waals surface area (Å²) in [5, 5.41) is 2.06. The van der Waals surface area contributed by atoms with Crippen LogP contribution in [0.1, 0.15) is 5.56 Å². The quantitative estimate of drug-likeness (QED) is 0.670. The number of H-pyrrole nitrogens is 1. The molecule has 1 amide bonds. The summed E-state index contributed by atoms with van der Waals surface area (Å²) >= 11 is 0. The first-order chi connectivity index (χ1) is 11.6. The Bertz CT molecular complexity index is 776. The number of hydrogen-bond acceptors (Lipinski definition) is 2. The molecular formula is C15H12F6N3O+. The lowest BCUT2D eigenvalue weighted by atomic mass is 10.2. The Kier molecular flexibility index (Phi) is 5.19. The van der Waals surface area contributed by atoms with Gasteiger partial charge in [0.05, 0.1) is 18.3 Å². The molecule has 2 rings (SSSR count). The van der Waals surface area contributed by atoms with Crippen molar-refractivity contribution in [3.8, 4) is 0 Å². The van der Waals surface area contributed by atoms with Crippen LogP contribution in [0.2, 0.25) is 0 Å². The second kappa shape index (κ2) is 6.99. The first-order valence-electron chi connectivity index (χ1n) is 6.83. The fraction of sp³-hybridized carbons (Fsp3) is 0.200. The van der Waals surface area contributed by atoms with Gasteiger partial charge in [-0.1, -0.05) is 0 Å². The number of likely N-dealkylation sites (N-methyl/N-ethyl adjacent to an activating group) is 1. The molecule has 134 valence electrons. The normalized spacial score (nSPS) is 11.3. The van der Waals surface area contributed by atoms with E-state index in [1.807, 2.05) is 0 Å². The molecule has 0 saturated heterocycles. The van der Waals surface area contributed by atoms with E-state index in [-0.39, 0.29) is 12.4 Å². The van der Waals surface area contributed by atoms with Crippen LogP contribution in [0.15, 0.2) is 30.5 Å². The number of halogens is 6. The van der Waals surface area contributed by atoms with Crippen molar-refractivity contribution in [2.75, 3.05) is 23.8 Å². The van der Waals surface area contributed by atoms with E-state index in [0.717, 1.165) is 24.4 Å². The van der Waals surface area contributed by atoms with Gasteiger partial charge in [-0.2, -0.15) is 13.2 Å². The largest absolute Gasteiger partial charge is 0.419 e. The summed E-state index contributed by atoms with van der Waals surface area (Å²) in [5.74, 6) is -5.25. The smallest absolute Gasteiger partial charge is 0.320 e. The molecule has 0 atom stereocenters. The van der Waals surface area contributed by atoms with Crippen molar-refractivity contribution < 1.29 is 36.1 Å². The number of hydrogen-bond donors (Lipinski definition) is 1. The van der Waals surface area contributed by atoms with Gasteiger partial charge in [-0.05, 0) is 18.2 Å². The Morgan fingerprint density at radius 3 is 2.36 bits per heavy atom. The van der Waals surface area contributed by atoms with Crippen molar-refractivity contribution in [3.63, 3.8) is 0 Å². The Balaban J connectivity index is 2.04. The molecular weight excluding hydrogens is 352 g/mol. The molecule has 10 heteroatoms. The third kappa shape index (κ3) is 4.40. The van der Waals surface area contributed by atoms with Crippen molar-refractivity contribution in [1.29, 1.82) is 0 Å². The van der Waals surface area contributed by atoms with Gasteiger partial charge in [0.25, 0.3) is 11.7 Å². The maximum atomic E-state index is 13.5. The number of aromatic amines is 1. The number of carbonyl (C=O) groups excluding carboxylic acids is 1. The van der Waals surface area contributed by atoms with E-state index >= 15 is 0 Å². The van der Waals surface area contributed by atoms with Crippen LogP contribution in [-0.2, 0) is 11.0 Å². The third-order valence-corrected chi connectivity index (χ3v) is 3.22. The highest BCUT2D eigenvalue weighted by molar-refractivity contribution is 5.93. The molecule has 1 aromatic carbocycles. The number of nitrogens with one attached hydrogen (secondary N) is 2. The van der Waals surface area contributed by atoms with Crippen molar-refractivity contribution in [1.82, 2.24) is 0 Å². The van der Waals surface area contributed by atoms with Crippen LogP contribution in [0.5, 0.6) is 0 Å². The lowest BCUT2D eigenvalue weighted by molar-refractivity contribution is -0.367. The van der Waals surface area contributed by atoms with Gasteiger partial charge >= 0.3 is 6.18 Å². The number of rotatable bonds is 4. The van der Waals surface area contributed by atoms with Crippen LogP contribution in [0.3, 0.4) is 0 Å². The number of benzene rings is 1. The van der Waals surface area contributed by atoms with Crippen molar-refractivity contribution >= 4 is 17.4 Å². The van der Waals surface area contributed by atoms with Gasteiger partial charge in [0.15, 0.2) is 24.0 Å². The van der Waals surface area contributed by atoms with E-state index in [1.165, 1.54) is 11.9 Å². The number of carbonyl (C=O) groups is 1. The molecule has 0 spiro atoms. The number of aromatic nitrogens is 1. The van der Waals surface area contributed by atoms with Gasteiger partial charge < -0.3 is 5.32 Å². The van der Waals surface area contributed by atoms with E-state index < -0.39 is 40.8 Å². The molecule has 0 bridgehead atoms. The summed E-state index contributed by atoms with van der Waals surface area (Å²) in [7, 11) is 1.40. The van der Waals surface area contributed by atoms with Crippen LogP contribution in [0.4, 0.5) is 37.8 Å². The molecule has 0 fully saturated rings. The molecule has 1 aromatic heterocycles. The molecule has 2 aromatic rings. The summed E-state index contributed by atoms with van der Waals surface area (Å²) in [5.41, 5.74) is -1.44. The second-order valence-electron chi connectivity index (χ2n) is 5.09. The SMILES string of the molecule is CN(CC(=O)Nc1ccc(F)c(F)c1F)c1ccc(C(F)(F)F)c[nH+]1. The monoisotopic (exact) mass is 364 g/mol. The summed E-state index contributed by atoms with van der Waals surface area (Å²) in [4.78, 5) is 15.5. The van der Waals surface area contributed by atoms with Crippen molar-refractivity contribution in [2.24, 2.45) is 0 Å². The zero-order valence-corrected chi connectivity index (χ0v) is 12.7. The van der Waals surface area contributed by atoms with Crippen molar-refractivity contribution in [2.45, 2.75) is 6.18 Å². The van der Waals surface area contributed by atoms with E-state index in [9.17, 15) is 31.1 Å². The first-order valence-corrected chi connectivity index (χ1v) is 6.83. The average Bonchev–Trinajstić information content (AvgIpc) is 2.54. The topological polar surface area (TPSA) is 46.5 Å². The molecule has 0 aliphatic carbocycles. The van der Waals surface area contributed by atoms with E-state index in [0.29, 0.717) is 6.07 Å². The highest BCUT2D eigenvalue weighted by Crippen LogP contribution is 2.28. The molecule has 0 radical (unpaired) electrons. The molecule has 0 saturated carbocycles. The van der Waals surface area contributed by atoms with Crippen LogP contribution < -0.4 is 15.2 Å². The minimum absolute atomic E-state index is 0.189. The van der Waals surface area contributed by atoms with Gasteiger partial charge in [-0.15, -0.1) is 0 Å². The van der Waals surface area contributed by atoms with E-state index in [1.54, 1.807) is 0 Å². The van der Waals surface area contributed by atoms with Crippen LogP contribution >= 0.6 is 0 Å². The minimum atomic E-state index is -4.50. The predicted octanol–water partition coefficient (Wildman–Crippen LogP) is 3.01. The molecule has 4 nitrogen and oxygen atoms in total. The maximum absolute atomic E-state index is 13.5. The van der Waals surface area contributed by atoms with Gasteiger partial charge in [0.1, 0.15) is 6.20 Å². The zero-order valence-electron chi connectivity index (χ0n) is 12.7. The summed E-state index contributed by atoms with van der Waals surface area (Å²) in [6.45, 7) is -0.375. The molecule has 0 aliphatic heterocycles. The maximum Gasteiger partial charge on any atom is 0.419 e. The lowest BCUT2D eigenvalue weighted by Crippen LogP contribution is -2.34. The predicted molar refractivity (Wildman–Crippen MR) is 76.2 cm³/mol. The zero-order chi connectivity index (χ0) is 18.8. The van der Waals surface area contributed by atoms with Gasteiger partial charge in [0, 0.05) is 6.07 Å². The Labute approximate surface area is 138 Å². The molecule has 1 heterocycles. The van der Waals surface area contributed by atoms with Crippen molar-refractivity contribution in [3.05, 3.63) is 53.5 Å². The van der Waals surface area contributed by atoms with E-state index in [2.05, 4.69) is 10.3 Å². The Hall–Kier alpha value is -2.78. The summed E-state index contributed by atoms with van der Waals surface area (Å²) in [6.07, 6.45) is -3.77. The number of amides is 1. The molecule has 0 unspecified atom stereocenters.